The van der Waals surface area contributed by atoms with Crippen LogP contribution in [0.1, 0.15) is 59.9 Å². The van der Waals surface area contributed by atoms with Gasteiger partial charge in [0, 0.05) is 27.7 Å². The Kier molecular flexibility index (Phi) is 7.91. The monoisotopic (exact) mass is 549 g/mol. The molecule has 0 bridgehead atoms. The average Bonchev–Trinajstić information content (AvgIpc) is 3.46. The van der Waals surface area contributed by atoms with E-state index in [1.54, 1.807) is 0 Å². The SMILES string of the molecule is CCCCOc1ccc(C2c3c(-c4ccc(Cl)cc4)n[nH]c3C(=O)N2Cc2ccccc2Cl)cc1OCC. The molecule has 0 spiro atoms. The molecular weight excluding hydrogens is 521 g/mol. The van der Waals surface area contributed by atoms with Crippen LogP contribution < -0.4 is 9.47 Å². The highest BCUT2D eigenvalue weighted by atomic mass is 35.5. The first-order chi connectivity index (χ1) is 18.5. The number of amides is 1. The molecule has 1 aliphatic heterocycles. The van der Waals surface area contributed by atoms with Crippen LogP contribution in [0.4, 0.5) is 0 Å². The predicted molar refractivity (Wildman–Crippen MR) is 150 cm³/mol. The second-order valence-corrected chi connectivity index (χ2v) is 9.98. The molecule has 1 atom stereocenters. The van der Waals surface area contributed by atoms with Gasteiger partial charge in [-0.1, -0.05) is 72.9 Å². The van der Waals surface area contributed by atoms with E-state index in [4.69, 9.17) is 32.7 Å². The number of rotatable bonds is 10. The van der Waals surface area contributed by atoms with Crippen molar-refractivity contribution in [2.75, 3.05) is 13.2 Å². The first-order valence-electron chi connectivity index (χ1n) is 12.8. The summed E-state index contributed by atoms with van der Waals surface area (Å²) in [6.45, 7) is 5.51. The number of nitrogens with zero attached hydrogens (tertiary/aromatic N) is 2. The topological polar surface area (TPSA) is 67.5 Å². The molecule has 0 saturated heterocycles. The van der Waals surface area contributed by atoms with Gasteiger partial charge in [0.1, 0.15) is 5.69 Å². The van der Waals surface area contributed by atoms with E-state index in [2.05, 4.69) is 17.1 Å². The maximum absolute atomic E-state index is 13.8. The number of hydrogen-bond donors (Lipinski definition) is 1. The molecule has 5 rings (SSSR count). The van der Waals surface area contributed by atoms with Gasteiger partial charge in [-0.15, -0.1) is 0 Å². The van der Waals surface area contributed by atoms with Crippen LogP contribution in [-0.2, 0) is 6.54 Å². The van der Waals surface area contributed by atoms with Gasteiger partial charge in [-0.2, -0.15) is 5.10 Å². The van der Waals surface area contributed by atoms with Gasteiger partial charge in [-0.25, -0.2) is 0 Å². The number of hydrogen-bond acceptors (Lipinski definition) is 4. The van der Waals surface area contributed by atoms with Gasteiger partial charge < -0.3 is 14.4 Å². The summed E-state index contributed by atoms with van der Waals surface area (Å²) in [5.41, 5.74) is 4.61. The third-order valence-corrected chi connectivity index (χ3v) is 7.24. The summed E-state index contributed by atoms with van der Waals surface area (Å²) >= 11 is 12.7. The quantitative estimate of drug-likeness (QED) is 0.206. The van der Waals surface area contributed by atoms with E-state index < -0.39 is 6.04 Å². The highest BCUT2D eigenvalue weighted by molar-refractivity contribution is 6.31. The molecule has 2 heterocycles. The summed E-state index contributed by atoms with van der Waals surface area (Å²) in [6, 6.07) is 20.5. The van der Waals surface area contributed by atoms with Crippen LogP contribution in [0.15, 0.2) is 66.7 Å². The van der Waals surface area contributed by atoms with Gasteiger partial charge in [0.05, 0.1) is 24.9 Å². The number of carbonyl (C=O) groups is 1. The van der Waals surface area contributed by atoms with Gasteiger partial charge >= 0.3 is 0 Å². The van der Waals surface area contributed by atoms with Crippen molar-refractivity contribution in [2.24, 2.45) is 0 Å². The highest BCUT2D eigenvalue weighted by Gasteiger charge is 2.42. The zero-order valence-electron chi connectivity index (χ0n) is 21.3. The molecule has 0 aliphatic carbocycles. The molecule has 196 valence electrons. The Labute approximate surface area is 232 Å². The van der Waals surface area contributed by atoms with Crippen molar-refractivity contribution in [1.29, 1.82) is 0 Å². The van der Waals surface area contributed by atoms with Crippen molar-refractivity contribution in [1.82, 2.24) is 15.1 Å². The first-order valence-corrected chi connectivity index (χ1v) is 13.6. The van der Waals surface area contributed by atoms with Crippen LogP contribution in [0.5, 0.6) is 11.5 Å². The van der Waals surface area contributed by atoms with Gasteiger partial charge in [0.25, 0.3) is 5.91 Å². The van der Waals surface area contributed by atoms with E-state index in [-0.39, 0.29) is 5.91 Å². The molecule has 1 aliphatic rings. The van der Waals surface area contributed by atoms with E-state index in [9.17, 15) is 4.79 Å². The molecule has 38 heavy (non-hydrogen) atoms. The van der Waals surface area contributed by atoms with Crippen molar-refractivity contribution >= 4 is 29.1 Å². The molecule has 1 N–H and O–H groups in total. The van der Waals surface area contributed by atoms with Crippen LogP contribution in [0.25, 0.3) is 11.3 Å². The number of H-pyrrole nitrogens is 1. The zero-order valence-corrected chi connectivity index (χ0v) is 22.9. The maximum Gasteiger partial charge on any atom is 0.273 e. The van der Waals surface area contributed by atoms with Crippen LogP contribution in [-0.4, -0.2) is 34.2 Å². The predicted octanol–water partition coefficient (Wildman–Crippen LogP) is 7.71. The van der Waals surface area contributed by atoms with Crippen LogP contribution in [0.3, 0.4) is 0 Å². The van der Waals surface area contributed by atoms with Crippen molar-refractivity contribution < 1.29 is 14.3 Å². The van der Waals surface area contributed by atoms with Crippen molar-refractivity contribution in [3.8, 4) is 22.8 Å². The van der Waals surface area contributed by atoms with Crippen molar-refractivity contribution in [3.05, 3.63) is 99.2 Å². The van der Waals surface area contributed by atoms with Gasteiger partial charge in [-0.05, 0) is 54.8 Å². The fraction of sp³-hybridized carbons (Fsp3) is 0.267. The molecule has 8 heteroatoms. The Bertz CT molecular complexity index is 1440. The number of benzene rings is 3. The maximum atomic E-state index is 13.8. The number of aromatic amines is 1. The van der Waals surface area contributed by atoms with Gasteiger partial charge in [-0.3, -0.25) is 9.89 Å². The molecule has 0 fully saturated rings. The molecule has 4 aromatic rings. The normalized spacial score (nSPS) is 14.6. The Morgan fingerprint density at radius 1 is 0.974 bits per heavy atom. The summed E-state index contributed by atoms with van der Waals surface area (Å²) in [6.07, 6.45) is 2.00. The number of aromatic nitrogens is 2. The third kappa shape index (κ3) is 5.11. The molecule has 1 aromatic heterocycles. The number of ether oxygens (including phenoxy) is 2. The Morgan fingerprint density at radius 2 is 1.76 bits per heavy atom. The molecule has 3 aromatic carbocycles. The van der Waals surface area contributed by atoms with E-state index in [1.165, 1.54) is 0 Å². The summed E-state index contributed by atoms with van der Waals surface area (Å²) in [4.78, 5) is 15.6. The second kappa shape index (κ2) is 11.5. The minimum atomic E-state index is -0.415. The lowest BCUT2D eigenvalue weighted by atomic mass is 9.95. The lowest BCUT2D eigenvalue weighted by Crippen LogP contribution is -2.29. The fourth-order valence-corrected chi connectivity index (χ4v) is 5.07. The molecule has 1 amide bonds. The van der Waals surface area contributed by atoms with Crippen LogP contribution in [0, 0.1) is 0 Å². The zero-order chi connectivity index (χ0) is 26.6. The number of halogens is 2. The number of unbranched alkanes of at least 4 members (excludes halogenated alkanes) is 1. The van der Waals surface area contributed by atoms with Crippen molar-refractivity contribution in [3.63, 3.8) is 0 Å². The van der Waals surface area contributed by atoms with E-state index in [0.717, 1.165) is 35.1 Å². The highest BCUT2D eigenvalue weighted by Crippen LogP contribution is 2.45. The minimum Gasteiger partial charge on any atom is -0.490 e. The van der Waals surface area contributed by atoms with Crippen LogP contribution in [0.2, 0.25) is 10.0 Å². The summed E-state index contributed by atoms with van der Waals surface area (Å²) in [7, 11) is 0. The molecular formula is C30H29Cl2N3O3. The summed E-state index contributed by atoms with van der Waals surface area (Å²) in [5.74, 6) is 1.20. The number of fused-ring (bicyclic) bond motifs is 1. The van der Waals surface area contributed by atoms with Crippen molar-refractivity contribution in [2.45, 2.75) is 39.3 Å². The third-order valence-electron chi connectivity index (χ3n) is 6.62. The second-order valence-electron chi connectivity index (χ2n) is 9.14. The van der Waals surface area contributed by atoms with Gasteiger partial charge in [0.2, 0.25) is 0 Å². The molecule has 0 saturated carbocycles. The number of carbonyl (C=O) groups excluding carboxylic acids is 1. The Hall–Kier alpha value is -3.48. The Balaban J connectivity index is 1.62. The molecule has 1 unspecified atom stereocenters. The Morgan fingerprint density at radius 3 is 2.50 bits per heavy atom. The lowest BCUT2D eigenvalue weighted by Gasteiger charge is -2.27. The average molecular weight is 550 g/mol. The standard InChI is InChI=1S/C30H29Cl2N3O3/c1-3-5-16-38-24-15-12-20(17-25(24)37-4-2)29-26-27(19-10-13-22(31)14-11-19)33-34-28(26)30(36)35(29)18-21-8-6-7-9-23(21)32/h6-15,17,29H,3-5,16,18H2,1-2H3,(H,33,34). The molecule has 0 radical (unpaired) electrons. The smallest absolute Gasteiger partial charge is 0.273 e. The lowest BCUT2D eigenvalue weighted by molar-refractivity contribution is 0.0730. The van der Waals surface area contributed by atoms with E-state index in [1.807, 2.05) is 78.6 Å². The molecule has 6 nitrogen and oxygen atoms in total. The fourth-order valence-electron chi connectivity index (χ4n) is 4.75. The number of nitrogens with one attached hydrogen (secondary N) is 1. The van der Waals surface area contributed by atoms with E-state index >= 15 is 0 Å². The largest absolute Gasteiger partial charge is 0.490 e. The van der Waals surface area contributed by atoms with E-state index in [0.29, 0.717) is 52.7 Å². The first kappa shape index (κ1) is 26.1. The van der Waals surface area contributed by atoms with Gasteiger partial charge in [0.15, 0.2) is 11.5 Å². The summed E-state index contributed by atoms with van der Waals surface area (Å²) < 4.78 is 12.0. The summed E-state index contributed by atoms with van der Waals surface area (Å²) in [5, 5.41) is 8.80. The van der Waals surface area contributed by atoms with Crippen LogP contribution >= 0.6 is 23.2 Å². The minimum absolute atomic E-state index is 0.140.